The fraction of sp³-hybridized carbons (Fsp3) is 0.367. The Kier molecular flexibility index (Phi) is 9.78. The van der Waals surface area contributed by atoms with E-state index in [1.54, 1.807) is 20.3 Å². The molecule has 0 aliphatic rings. The normalized spacial score (nSPS) is 12.8. The lowest BCUT2D eigenvalue weighted by Crippen LogP contribution is -2.49. The van der Waals surface area contributed by atoms with Gasteiger partial charge in [-0.2, -0.15) is 0 Å². The number of hydrogen-bond acceptors (Lipinski definition) is 7. The molecule has 41 heavy (non-hydrogen) atoms. The highest BCUT2D eigenvalue weighted by Gasteiger charge is 2.37. The number of halogens is 2. The van der Waals surface area contributed by atoms with E-state index in [0.29, 0.717) is 52.6 Å². The van der Waals surface area contributed by atoms with Gasteiger partial charge in [0.2, 0.25) is 0 Å². The van der Waals surface area contributed by atoms with Crippen molar-refractivity contribution in [3.63, 3.8) is 0 Å². The Morgan fingerprint density at radius 2 is 1.80 bits per heavy atom. The summed E-state index contributed by atoms with van der Waals surface area (Å²) in [5.74, 6) is 2.68. The van der Waals surface area contributed by atoms with Crippen molar-refractivity contribution in [1.29, 1.82) is 0 Å². The third kappa shape index (κ3) is 6.29. The van der Waals surface area contributed by atoms with Gasteiger partial charge in [0.1, 0.15) is 28.8 Å². The van der Waals surface area contributed by atoms with Gasteiger partial charge in [-0.25, -0.2) is 18.8 Å². The summed E-state index contributed by atoms with van der Waals surface area (Å²) in [7, 11) is 6.56. The Labute approximate surface area is 254 Å². The molecule has 0 aliphatic carbocycles. The maximum Gasteiger partial charge on any atom is 0.306 e. The molecule has 1 N–H and O–H groups in total. The molecule has 4 aromatic rings. The first-order valence-corrected chi connectivity index (χ1v) is 14.5. The SMILES string of the molecule is CNc1ccc2nc(C[N+](C=O)(CCC(C)C)c3ccc(OC)c(OC)c3Cl)c(Cc3cc(Br)ccc3OC)n2n1. The van der Waals surface area contributed by atoms with Crippen LogP contribution in [0.15, 0.2) is 46.9 Å². The predicted octanol–water partition coefficient (Wildman–Crippen LogP) is 6.51. The smallest absolute Gasteiger partial charge is 0.306 e. The second kappa shape index (κ2) is 13.1. The van der Waals surface area contributed by atoms with E-state index in [9.17, 15) is 4.79 Å². The van der Waals surface area contributed by atoms with Crippen LogP contribution >= 0.6 is 27.5 Å². The molecule has 2 aromatic carbocycles. The van der Waals surface area contributed by atoms with Crippen molar-refractivity contribution in [2.75, 3.05) is 40.2 Å². The lowest BCUT2D eigenvalue weighted by Gasteiger charge is -2.33. The van der Waals surface area contributed by atoms with E-state index in [2.05, 4.69) is 35.1 Å². The van der Waals surface area contributed by atoms with Crippen molar-refractivity contribution in [2.45, 2.75) is 33.2 Å². The number of benzene rings is 2. The number of methoxy groups -OCH3 is 3. The maximum atomic E-state index is 13.2. The number of ether oxygens (including phenoxy) is 3. The standard InChI is InChI=1S/C30H36BrClN5O4/c1-19(2)13-14-37(18-38,24-8-10-26(40-5)30(41-6)29(24)32)17-22-23(16-20-15-21(31)7-9-25(20)39-4)36-28(34-22)12-11-27(33-3)35-36/h7-12,15,18-19H,13-14,16-17H2,1-6H3,(H,33,35)/q+1. The van der Waals surface area contributed by atoms with Crippen LogP contribution in [0.1, 0.15) is 37.2 Å². The van der Waals surface area contributed by atoms with E-state index < -0.39 is 0 Å². The molecule has 0 spiro atoms. The van der Waals surface area contributed by atoms with E-state index in [0.717, 1.165) is 40.0 Å². The van der Waals surface area contributed by atoms with Crippen molar-refractivity contribution < 1.29 is 19.0 Å². The van der Waals surface area contributed by atoms with Gasteiger partial charge in [0.25, 0.3) is 0 Å². The molecule has 0 aliphatic heterocycles. The van der Waals surface area contributed by atoms with E-state index in [1.165, 1.54) is 7.11 Å². The summed E-state index contributed by atoms with van der Waals surface area (Å²) in [6.07, 6.45) is 2.21. The van der Waals surface area contributed by atoms with E-state index in [-0.39, 0.29) is 11.0 Å². The quantitative estimate of drug-likeness (QED) is 0.131. The molecule has 1 amide bonds. The summed E-state index contributed by atoms with van der Waals surface area (Å²) in [5.41, 5.74) is 3.83. The van der Waals surface area contributed by atoms with Gasteiger partial charge in [0.15, 0.2) is 22.8 Å². The molecule has 1 unspecified atom stereocenters. The van der Waals surface area contributed by atoms with Gasteiger partial charge in [-0.1, -0.05) is 41.4 Å². The molecule has 218 valence electrons. The first-order chi connectivity index (χ1) is 19.7. The summed E-state index contributed by atoms with van der Waals surface area (Å²) in [6.45, 7) is 5.04. The van der Waals surface area contributed by atoms with Crippen LogP contribution in [0, 0.1) is 5.92 Å². The van der Waals surface area contributed by atoms with E-state index in [1.807, 2.05) is 48.0 Å². The van der Waals surface area contributed by atoms with Gasteiger partial charge in [-0.05, 0) is 48.7 Å². The topological polar surface area (TPSA) is 87.0 Å². The third-order valence-electron chi connectivity index (χ3n) is 7.19. The Bertz CT molecular complexity index is 1540. The summed E-state index contributed by atoms with van der Waals surface area (Å²) in [4.78, 5) is 18.2. The molecular formula is C30H36BrClN5O4+. The number of hydrogen-bond donors (Lipinski definition) is 1. The average Bonchev–Trinajstić information content (AvgIpc) is 3.30. The zero-order valence-electron chi connectivity index (χ0n) is 24.2. The number of anilines is 1. The Hall–Kier alpha value is -3.34. The summed E-state index contributed by atoms with van der Waals surface area (Å²) >= 11 is 10.5. The number of amides is 1. The van der Waals surface area contributed by atoms with Crippen LogP contribution < -0.4 is 24.0 Å². The van der Waals surface area contributed by atoms with Gasteiger partial charge in [0, 0.05) is 29.6 Å². The highest BCUT2D eigenvalue weighted by Crippen LogP contribution is 2.44. The number of fused-ring (bicyclic) bond motifs is 1. The number of rotatable bonds is 13. The number of nitrogens with zero attached hydrogens (tertiary/aromatic N) is 4. The lowest BCUT2D eigenvalue weighted by atomic mass is 10.0. The van der Waals surface area contributed by atoms with E-state index >= 15 is 0 Å². The lowest BCUT2D eigenvalue weighted by molar-refractivity contribution is -0.118. The van der Waals surface area contributed by atoms with Crippen molar-refractivity contribution in [1.82, 2.24) is 19.1 Å². The molecule has 0 radical (unpaired) electrons. The fourth-order valence-electron chi connectivity index (χ4n) is 4.94. The first kappa shape index (κ1) is 30.6. The van der Waals surface area contributed by atoms with Gasteiger partial charge in [-0.3, -0.25) is 0 Å². The van der Waals surface area contributed by atoms with E-state index in [4.69, 9.17) is 35.9 Å². The molecule has 0 saturated carbocycles. The van der Waals surface area contributed by atoms with Crippen LogP contribution in [0.3, 0.4) is 0 Å². The van der Waals surface area contributed by atoms with Gasteiger partial charge in [-0.15, -0.1) is 5.10 Å². The van der Waals surface area contributed by atoms with Crippen LogP contribution in [-0.2, 0) is 17.8 Å². The molecule has 2 aromatic heterocycles. The average molecular weight is 646 g/mol. The van der Waals surface area contributed by atoms with Crippen molar-refractivity contribution >= 4 is 51.1 Å². The minimum atomic E-state index is -0.0806. The highest BCUT2D eigenvalue weighted by atomic mass is 79.9. The molecular weight excluding hydrogens is 610 g/mol. The molecule has 0 fully saturated rings. The van der Waals surface area contributed by atoms with Crippen LogP contribution in [0.2, 0.25) is 5.02 Å². The molecule has 4 rings (SSSR count). The fourth-order valence-corrected chi connectivity index (χ4v) is 5.75. The number of quaternary nitrogens is 1. The Morgan fingerprint density at radius 3 is 2.44 bits per heavy atom. The minimum absolute atomic E-state index is 0.0806. The second-order valence-corrected chi connectivity index (χ2v) is 11.5. The number of carbonyl (C=O) groups excluding carboxylic acids is 1. The monoisotopic (exact) mass is 644 g/mol. The van der Waals surface area contributed by atoms with Gasteiger partial charge >= 0.3 is 6.41 Å². The molecule has 2 heterocycles. The number of carbonyl (C=O) groups is 1. The van der Waals surface area contributed by atoms with Crippen molar-refractivity contribution in [3.05, 3.63) is 68.9 Å². The number of imidazole rings is 1. The van der Waals surface area contributed by atoms with Crippen molar-refractivity contribution in [3.8, 4) is 17.2 Å². The molecule has 1 atom stereocenters. The molecule has 0 bridgehead atoms. The zero-order valence-corrected chi connectivity index (χ0v) is 26.5. The van der Waals surface area contributed by atoms with Crippen LogP contribution in [0.5, 0.6) is 17.2 Å². The summed E-state index contributed by atoms with van der Waals surface area (Å²) in [6, 6.07) is 13.3. The van der Waals surface area contributed by atoms with Crippen LogP contribution in [-0.4, -0.2) is 55.9 Å². The highest BCUT2D eigenvalue weighted by molar-refractivity contribution is 9.10. The molecule has 0 saturated heterocycles. The second-order valence-electron chi connectivity index (χ2n) is 10.2. The Balaban J connectivity index is 1.94. The van der Waals surface area contributed by atoms with Gasteiger partial charge in [0.05, 0.1) is 33.6 Å². The maximum absolute atomic E-state index is 13.2. The van der Waals surface area contributed by atoms with Crippen molar-refractivity contribution in [2.24, 2.45) is 5.92 Å². The zero-order chi connectivity index (χ0) is 29.7. The van der Waals surface area contributed by atoms with Crippen LogP contribution in [0.4, 0.5) is 11.5 Å². The van der Waals surface area contributed by atoms with Crippen LogP contribution in [0.25, 0.3) is 5.65 Å². The number of aromatic nitrogens is 3. The van der Waals surface area contributed by atoms with Gasteiger partial charge < -0.3 is 19.5 Å². The number of nitrogens with one attached hydrogen (secondary N) is 1. The first-order valence-electron chi connectivity index (χ1n) is 13.3. The minimum Gasteiger partial charge on any atom is -0.496 e. The molecule has 11 heteroatoms. The summed E-state index contributed by atoms with van der Waals surface area (Å²) < 4.78 is 19.4. The Morgan fingerprint density at radius 1 is 1.07 bits per heavy atom. The molecule has 9 nitrogen and oxygen atoms in total. The third-order valence-corrected chi connectivity index (χ3v) is 8.05. The predicted molar refractivity (Wildman–Crippen MR) is 166 cm³/mol. The summed E-state index contributed by atoms with van der Waals surface area (Å²) in [5, 5.41) is 8.23. The largest absolute Gasteiger partial charge is 0.496 e.